The molecule has 0 spiro atoms. The summed E-state index contributed by atoms with van der Waals surface area (Å²) in [6.45, 7) is 3.51. The van der Waals surface area contributed by atoms with Crippen LogP contribution in [0.4, 0.5) is 0 Å². The van der Waals surface area contributed by atoms with Crippen LogP contribution in [-0.4, -0.2) is 13.1 Å². The van der Waals surface area contributed by atoms with Crippen molar-refractivity contribution in [2.45, 2.75) is 51.5 Å². The Hall–Kier alpha value is -0.0900. The number of unbranched alkanes of at least 4 members (excludes halogenated alkanes) is 6. The van der Waals surface area contributed by atoms with Crippen LogP contribution in [-0.2, 0) is 6.54 Å². The Morgan fingerprint density at radius 2 is 1.35 bits per heavy atom. The SMILES string of the molecule is [Br-].[Cl-].[NH3+]CCCCCCCCC[NH2+]Cc1ccccc1. The molecular weight excluding hydrogens is 336 g/mol. The van der Waals surface area contributed by atoms with E-state index in [0.717, 1.165) is 13.1 Å². The molecule has 5 N–H and O–H groups in total. The molecule has 0 fully saturated rings. The minimum absolute atomic E-state index is 0. The zero-order chi connectivity index (χ0) is 12.9. The highest BCUT2D eigenvalue weighted by Gasteiger charge is 1.95. The second kappa shape index (κ2) is 17.0. The Balaban J connectivity index is 0. The molecule has 0 heterocycles. The molecule has 0 aromatic heterocycles. The molecule has 0 unspecified atom stereocenters. The molecular formula is C16H30BrClN2. The van der Waals surface area contributed by atoms with Crippen molar-refractivity contribution in [3.05, 3.63) is 35.9 Å². The number of rotatable bonds is 11. The van der Waals surface area contributed by atoms with Crippen LogP contribution in [0, 0.1) is 0 Å². The number of hydrogen-bond acceptors (Lipinski definition) is 0. The molecule has 1 aromatic rings. The minimum Gasteiger partial charge on any atom is -1.00 e. The Morgan fingerprint density at radius 1 is 0.800 bits per heavy atom. The summed E-state index contributed by atoms with van der Waals surface area (Å²) >= 11 is 0. The molecule has 0 atom stereocenters. The molecule has 0 aliphatic carbocycles. The quantitative estimate of drug-likeness (QED) is 0.373. The van der Waals surface area contributed by atoms with Crippen LogP contribution in [0.25, 0.3) is 0 Å². The number of nitrogens with two attached hydrogens (primary N) is 1. The minimum atomic E-state index is 0. The van der Waals surface area contributed by atoms with Crippen molar-refractivity contribution in [3.8, 4) is 0 Å². The van der Waals surface area contributed by atoms with Gasteiger partial charge in [-0.1, -0.05) is 49.6 Å². The van der Waals surface area contributed by atoms with Gasteiger partial charge in [-0.3, -0.25) is 0 Å². The highest BCUT2D eigenvalue weighted by molar-refractivity contribution is 5.12. The summed E-state index contributed by atoms with van der Waals surface area (Å²) in [5.74, 6) is 0. The van der Waals surface area contributed by atoms with Gasteiger partial charge in [-0.05, 0) is 25.7 Å². The van der Waals surface area contributed by atoms with E-state index in [2.05, 4.69) is 41.4 Å². The fourth-order valence-corrected chi connectivity index (χ4v) is 2.23. The zero-order valence-corrected chi connectivity index (χ0v) is 14.8. The predicted octanol–water partition coefficient (Wildman–Crippen LogP) is -4.27. The van der Waals surface area contributed by atoms with Crippen LogP contribution in [0.3, 0.4) is 0 Å². The van der Waals surface area contributed by atoms with E-state index in [0.29, 0.717) is 0 Å². The van der Waals surface area contributed by atoms with Gasteiger partial charge in [0.15, 0.2) is 0 Å². The number of hydrogen-bond donors (Lipinski definition) is 2. The van der Waals surface area contributed by atoms with Crippen LogP contribution in [0.15, 0.2) is 30.3 Å². The lowest BCUT2D eigenvalue weighted by Crippen LogP contribution is -3.00. The first-order chi connectivity index (χ1) is 8.93. The summed E-state index contributed by atoms with van der Waals surface area (Å²) in [5.41, 5.74) is 5.31. The fraction of sp³-hybridized carbons (Fsp3) is 0.625. The Bertz CT molecular complexity index is 283. The van der Waals surface area contributed by atoms with Crippen molar-refractivity contribution in [1.29, 1.82) is 0 Å². The van der Waals surface area contributed by atoms with E-state index in [1.165, 1.54) is 57.1 Å². The first-order valence-electron chi connectivity index (χ1n) is 7.58. The van der Waals surface area contributed by atoms with Crippen molar-refractivity contribution in [2.75, 3.05) is 13.1 Å². The highest BCUT2D eigenvalue weighted by Crippen LogP contribution is 2.05. The fourth-order valence-electron chi connectivity index (χ4n) is 2.23. The topological polar surface area (TPSA) is 44.2 Å². The average molecular weight is 366 g/mol. The summed E-state index contributed by atoms with van der Waals surface area (Å²) in [6.07, 6.45) is 9.69. The van der Waals surface area contributed by atoms with Crippen molar-refractivity contribution in [2.24, 2.45) is 0 Å². The number of quaternary nitrogens is 2. The largest absolute Gasteiger partial charge is 1.00 e. The van der Waals surface area contributed by atoms with Gasteiger partial charge in [0, 0.05) is 5.56 Å². The van der Waals surface area contributed by atoms with Crippen LogP contribution in [0.5, 0.6) is 0 Å². The Kier molecular flexibility index (Phi) is 18.8. The summed E-state index contributed by atoms with van der Waals surface area (Å²) in [6, 6.07) is 10.7. The summed E-state index contributed by atoms with van der Waals surface area (Å²) < 4.78 is 0. The van der Waals surface area contributed by atoms with Gasteiger partial charge in [0.05, 0.1) is 13.1 Å². The summed E-state index contributed by atoms with van der Waals surface area (Å²) in [4.78, 5) is 0. The van der Waals surface area contributed by atoms with Crippen molar-refractivity contribution >= 4 is 0 Å². The molecule has 0 aliphatic heterocycles. The molecule has 0 aliphatic rings. The van der Waals surface area contributed by atoms with Crippen molar-refractivity contribution < 1.29 is 40.4 Å². The van der Waals surface area contributed by atoms with E-state index in [9.17, 15) is 0 Å². The third-order valence-electron chi connectivity index (χ3n) is 3.38. The molecule has 0 saturated heterocycles. The molecule has 0 bridgehead atoms. The maximum atomic E-state index is 3.87. The van der Waals surface area contributed by atoms with Gasteiger partial charge < -0.3 is 40.4 Å². The monoisotopic (exact) mass is 364 g/mol. The smallest absolute Gasteiger partial charge is 0.101 e. The molecule has 0 amide bonds. The van der Waals surface area contributed by atoms with E-state index in [1.54, 1.807) is 0 Å². The van der Waals surface area contributed by atoms with Crippen LogP contribution in [0.1, 0.15) is 50.5 Å². The molecule has 1 rings (SSSR count). The molecule has 0 saturated carbocycles. The van der Waals surface area contributed by atoms with Gasteiger partial charge in [0.25, 0.3) is 0 Å². The number of halogens is 2. The summed E-state index contributed by atoms with van der Waals surface area (Å²) in [5, 5.41) is 2.43. The predicted molar refractivity (Wildman–Crippen MR) is 77.0 cm³/mol. The van der Waals surface area contributed by atoms with Gasteiger partial charge in [-0.2, -0.15) is 0 Å². The van der Waals surface area contributed by atoms with Gasteiger partial charge in [-0.25, -0.2) is 0 Å². The normalized spacial score (nSPS) is 9.65. The van der Waals surface area contributed by atoms with E-state index in [1.807, 2.05) is 0 Å². The second-order valence-corrected chi connectivity index (χ2v) is 5.10. The average Bonchev–Trinajstić information content (AvgIpc) is 2.42. The molecule has 1 aromatic carbocycles. The maximum Gasteiger partial charge on any atom is 0.101 e. The first-order valence-corrected chi connectivity index (χ1v) is 7.58. The Labute approximate surface area is 141 Å². The zero-order valence-electron chi connectivity index (χ0n) is 12.5. The maximum absolute atomic E-state index is 3.87. The lowest BCUT2D eigenvalue weighted by molar-refractivity contribution is -0.671. The molecule has 0 radical (unpaired) electrons. The third kappa shape index (κ3) is 12.9. The van der Waals surface area contributed by atoms with E-state index in [4.69, 9.17) is 0 Å². The van der Waals surface area contributed by atoms with Gasteiger partial charge >= 0.3 is 0 Å². The van der Waals surface area contributed by atoms with Gasteiger partial charge in [0.1, 0.15) is 6.54 Å². The van der Waals surface area contributed by atoms with E-state index in [-0.39, 0.29) is 29.4 Å². The van der Waals surface area contributed by atoms with Crippen LogP contribution < -0.4 is 40.4 Å². The van der Waals surface area contributed by atoms with Crippen molar-refractivity contribution in [1.82, 2.24) is 0 Å². The van der Waals surface area contributed by atoms with Gasteiger partial charge in [0.2, 0.25) is 0 Å². The highest BCUT2D eigenvalue weighted by atomic mass is 79.9. The van der Waals surface area contributed by atoms with Crippen LogP contribution in [0.2, 0.25) is 0 Å². The summed E-state index contributed by atoms with van der Waals surface area (Å²) in [7, 11) is 0. The second-order valence-electron chi connectivity index (χ2n) is 5.10. The van der Waals surface area contributed by atoms with Gasteiger partial charge in [-0.15, -0.1) is 0 Å². The lowest BCUT2D eigenvalue weighted by atomic mass is 10.1. The van der Waals surface area contributed by atoms with E-state index < -0.39 is 0 Å². The lowest BCUT2D eigenvalue weighted by Gasteiger charge is -2.02. The molecule has 4 heteroatoms. The third-order valence-corrected chi connectivity index (χ3v) is 3.38. The molecule has 2 nitrogen and oxygen atoms in total. The molecule has 118 valence electrons. The van der Waals surface area contributed by atoms with Crippen LogP contribution >= 0.6 is 0 Å². The van der Waals surface area contributed by atoms with E-state index >= 15 is 0 Å². The Morgan fingerprint density at radius 3 is 1.95 bits per heavy atom. The van der Waals surface area contributed by atoms with Crippen molar-refractivity contribution in [3.63, 3.8) is 0 Å². The molecule has 20 heavy (non-hydrogen) atoms. The number of benzene rings is 1. The first kappa shape index (κ1) is 22.2. The standard InChI is InChI=1S/C16H28N2.BrH.ClH/c17-13-9-4-2-1-3-5-10-14-18-15-16-11-7-6-8-12-16;;/h6-8,11-12,18H,1-5,9-10,13-15,17H2;2*1H.